The van der Waals surface area contributed by atoms with Crippen LogP contribution >= 0.6 is 0 Å². The Morgan fingerprint density at radius 1 is 1.09 bits per heavy atom. The first-order valence-electron chi connectivity index (χ1n) is 12.3. The van der Waals surface area contributed by atoms with Crippen LogP contribution in [0.1, 0.15) is 70.5 Å². The van der Waals surface area contributed by atoms with Crippen molar-refractivity contribution in [3.05, 3.63) is 51.6 Å². The van der Waals surface area contributed by atoms with Gasteiger partial charge in [-0.2, -0.15) is 0 Å². The molecule has 1 atom stereocenters. The fraction of sp³-hybridized carbons (Fsp3) is 0.600. The van der Waals surface area contributed by atoms with Crippen LogP contribution in [0, 0.1) is 0 Å². The lowest BCUT2D eigenvalue weighted by Gasteiger charge is -2.39. The quantitative estimate of drug-likeness (QED) is 0.566. The molecule has 2 aromatic heterocycles. The summed E-state index contributed by atoms with van der Waals surface area (Å²) in [6.45, 7) is 15.6. The number of tetrazole rings is 1. The lowest BCUT2D eigenvalue weighted by Crippen LogP contribution is -2.49. The number of aryl methyl sites for hydroxylation is 1. The van der Waals surface area contributed by atoms with E-state index in [4.69, 9.17) is 0 Å². The molecule has 1 aromatic carbocycles. The topological polar surface area (TPSA) is 82.9 Å². The Bertz CT molecular complexity index is 1140. The van der Waals surface area contributed by atoms with Gasteiger partial charge in [0.2, 0.25) is 0 Å². The average Bonchev–Trinajstić information content (AvgIpc) is 3.31. The number of H-pyrrole nitrogens is 1. The van der Waals surface area contributed by atoms with Crippen LogP contribution in [0.15, 0.2) is 29.1 Å². The SMILES string of the molecule is CCCN1CCN([C@@H](c2cc3cc(CC)ccc3[nH]c2=O)c2nnnn2C(C)(C)CC)CC1. The zero-order valence-corrected chi connectivity index (χ0v) is 20.6. The molecule has 1 N–H and O–H groups in total. The van der Waals surface area contributed by atoms with Crippen molar-refractivity contribution in [1.29, 1.82) is 0 Å². The average molecular weight is 452 g/mol. The monoisotopic (exact) mass is 451 g/mol. The minimum atomic E-state index is -0.298. The maximum atomic E-state index is 13.4. The third-order valence-corrected chi connectivity index (χ3v) is 7.13. The minimum absolute atomic E-state index is 0.0726. The number of piperazine rings is 1. The van der Waals surface area contributed by atoms with Crippen molar-refractivity contribution in [2.45, 2.75) is 65.5 Å². The number of aromatic nitrogens is 5. The molecule has 8 heteroatoms. The van der Waals surface area contributed by atoms with E-state index in [2.05, 4.69) is 77.1 Å². The lowest BCUT2D eigenvalue weighted by atomic mass is 9.98. The number of fused-ring (bicyclic) bond motifs is 1. The fourth-order valence-corrected chi connectivity index (χ4v) is 4.70. The highest BCUT2D eigenvalue weighted by Crippen LogP contribution is 2.31. The Labute approximate surface area is 196 Å². The van der Waals surface area contributed by atoms with Gasteiger partial charge in [-0.3, -0.25) is 9.69 Å². The second kappa shape index (κ2) is 9.73. The third kappa shape index (κ3) is 4.73. The van der Waals surface area contributed by atoms with Crippen LogP contribution in [0.4, 0.5) is 0 Å². The third-order valence-electron chi connectivity index (χ3n) is 7.13. The van der Waals surface area contributed by atoms with Crippen LogP contribution in [0.2, 0.25) is 0 Å². The highest BCUT2D eigenvalue weighted by molar-refractivity contribution is 5.80. The van der Waals surface area contributed by atoms with Crippen LogP contribution in [0.25, 0.3) is 10.9 Å². The molecule has 0 aliphatic carbocycles. The van der Waals surface area contributed by atoms with E-state index in [1.165, 1.54) is 5.56 Å². The van der Waals surface area contributed by atoms with Crippen LogP contribution in [0.5, 0.6) is 0 Å². The summed E-state index contributed by atoms with van der Waals surface area (Å²) in [6, 6.07) is 8.00. The molecule has 0 unspecified atom stereocenters. The van der Waals surface area contributed by atoms with Gasteiger partial charge >= 0.3 is 0 Å². The summed E-state index contributed by atoms with van der Waals surface area (Å²) < 4.78 is 1.92. The van der Waals surface area contributed by atoms with Crippen LogP contribution < -0.4 is 5.56 Å². The number of rotatable bonds is 8. The first kappa shape index (κ1) is 23.6. The molecule has 8 nitrogen and oxygen atoms in total. The Hall–Kier alpha value is -2.58. The Morgan fingerprint density at radius 3 is 2.52 bits per heavy atom. The molecule has 0 saturated carbocycles. The van der Waals surface area contributed by atoms with E-state index in [1.807, 2.05) is 16.8 Å². The molecule has 1 fully saturated rings. The molecule has 33 heavy (non-hydrogen) atoms. The van der Waals surface area contributed by atoms with Gasteiger partial charge in [-0.1, -0.05) is 26.8 Å². The number of nitrogens with one attached hydrogen (secondary N) is 1. The van der Waals surface area contributed by atoms with Gasteiger partial charge in [0.25, 0.3) is 5.56 Å². The van der Waals surface area contributed by atoms with Crippen LogP contribution in [-0.2, 0) is 12.0 Å². The summed E-state index contributed by atoms with van der Waals surface area (Å²) >= 11 is 0. The van der Waals surface area contributed by atoms with E-state index in [0.29, 0.717) is 5.56 Å². The van der Waals surface area contributed by atoms with E-state index >= 15 is 0 Å². The molecule has 1 saturated heterocycles. The van der Waals surface area contributed by atoms with Gasteiger partial charge in [-0.25, -0.2) is 4.68 Å². The van der Waals surface area contributed by atoms with Gasteiger partial charge in [0.1, 0.15) is 6.04 Å². The van der Waals surface area contributed by atoms with Gasteiger partial charge in [0, 0.05) is 37.3 Å². The summed E-state index contributed by atoms with van der Waals surface area (Å²) in [6.07, 6.45) is 2.99. The molecule has 0 spiro atoms. The smallest absolute Gasteiger partial charge is 0.253 e. The minimum Gasteiger partial charge on any atom is -0.322 e. The largest absolute Gasteiger partial charge is 0.322 e. The maximum absolute atomic E-state index is 13.4. The van der Waals surface area contributed by atoms with Crippen molar-refractivity contribution >= 4 is 10.9 Å². The summed E-state index contributed by atoms with van der Waals surface area (Å²) in [7, 11) is 0. The number of pyridine rings is 1. The molecular weight excluding hydrogens is 414 g/mol. The zero-order valence-electron chi connectivity index (χ0n) is 20.6. The van der Waals surface area contributed by atoms with Crippen molar-refractivity contribution < 1.29 is 0 Å². The Morgan fingerprint density at radius 2 is 1.85 bits per heavy atom. The second-order valence-electron chi connectivity index (χ2n) is 9.72. The lowest BCUT2D eigenvalue weighted by molar-refractivity contribution is 0.101. The number of hydrogen-bond acceptors (Lipinski definition) is 6. The van der Waals surface area contributed by atoms with Gasteiger partial charge in [-0.15, -0.1) is 5.10 Å². The van der Waals surface area contributed by atoms with E-state index in [1.54, 1.807) is 0 Å². The molecule has 1 aliphatic heterocycles. The first-order chi connectivity index (χ1) is 15.9. The predicted octanol–water partition coefficient (Wildman–Crippen LogP) is 3.34. The van der Waals surface area contributed by atoms with Gasteiger partial charge in [0.05, 0.1) is 5.54 Å². The first-order valence-corrected chi connectivity index (χ1v) is 12.3. The molecule has 1 aliphatic rings. The van der Waals surface area contributed by atoms with Crippen molar-refractivity contribution in [3.8, 4) is 0 Å². The number of hydrogen-bond donors (Lipinski definition) is 1. The van der Waals surface area contributed by atoms with Crippen molar-refractivity contribution in [3.63, 3.8) is 0 Å². The number of nitrogens with zero attached hydrogens (tertiary/aromatic N) is 6. The van der Waals surface area contributed by atoms with Crippen molar-refractivity contribution in [2.75, 3.05) is 32.7 Å². The molecule has 4 rings (SSSR count). The van der Waals surface area contributed by atoms with Gasteiger partial charge < -0.3 is 9.88 Å². The van der Waals surface area contributed by atoms with E-state index in [9.17, 15) is 4.79 Å². The molecule has 0 amide bonds. The highest BCUT2D eigenvalue weighted by atomic mass is 16.1. The highest BCUT2D eigenvalue weighted by Gasteiger charge is 2.35. The van der Waals surface area contributed by atoms with E-state index in [0.717, 1.165) is 68.7 Å². The van der Waals surface area contributed by atoms with E-state index < -0.39 is 0 Å². The van der Waals surface area contributed by atoms with E-state index in [-0.39, 0.29) is 17.1 Å². The van der Waals surface area contributed by atoms with Crippen molar-refractivity contribution in [2.24, 2.45) is 0 Å². The second-order valence-corrected chi connectivity index (χ2v) is 9.72. The molecule has 3 aromatic rings. The van der Waals surface area contributed by atoms with Crippen LogP contribution in [-0.4, -0.2) is 67.7 Å². The normalized spacial score (nSPS) is 17.0. The van der Waals surface area contributed by atoms with Gasteiger partial charge in [0.15, 0.2) is 5.82 Å². The number of benzene rings is 1. The number of aromatic amines is 1. The van der Waals surface area contributed by atoms with Gasteiger partial charge in [-0.05, 0) is 79.2 Å². The molecule has 0 bridgehead atoms. The fourth-order valence-electron chi connectivity index (χ4n) is 4.70. The Kier molecular flexibility index (Phi) is 6.95. The standard InChI is InChI=1S/C25H37N7O/c1-6-11-30-12-14-31(15-13-30)22(23-27-28-29-32(23)25(4,5)8-3)20-17-19-16-18(7-2)9-10-21(19)26-24(20)33/h9-10,16-17,22H,6-8,11-15H2,1-5H3,(H,26,33)/t22-/m0/s1. The predicted molar refractivity (Wildman–Crippen MR) is 132 cm³/mol. The molecule has 0 radical (unpaired) electrons. The van der Waals surface area contributed by atoms with Crippen LogP contribution in [0.3, 0.4) is 0 Å². The zero-order chi connectivity index (χ0) is 23.6. The molecular formula is C25H37N7O. The molecule has 3 heterocycles. The molecule has 178 valence electrons. The van der Waals surface area contributed by atoms with Crippen molar-refractivity contribution in [1.82, 2.24) is 35.0 Å². The Balaban J connectivity index is 1.83. The summed E-state index contributed by atoms with van der Waals surface area (Å²) in [4.78, 5) is 21.4. The summed E-state index contributed by atoms with van der Waals surface area (Å²) in [5.41, 5.74) is 2.50. The summed E-state index contributed by atoms with van der Waals surface area (Å²) in [5, 5.41) is 14.0. The maximum Gasteiger partial charge on any atom is 0.253 e. The summed E-state index contributed by atoms with van der Waals surface area (Å²) in [5.74, 6) is 0.738.